The average molecular weight is 407 g/mol. The molecule has 2 atom stereocenters. The van der Waals surface area contributed by atoms with Gasteiger partial charge in [-0.3, -0.25) is 9.48 Å². The highest BCUT2D eigenvalue weighted by Crippen LogP contribution is 2.33. The van der Waals surface area contributed by atoms with Crippen molar-refractivity contribution in [2.24, 2.45) is 18.7 Å². The van der Waals surface area contributed by atoms with Crippen LogP contribution in [-0.4, -0.2) is 33.8 Å². The number of benzene rings is 1. The molecular formula is C23H30N6O. The van der Waals surface area contributed by atoms with Crippen molar-refractivity contribution < 1.29 is 4.79 Å². The van der Waals surface area contributed by atoms with Gasteiger partial charge in [0.05, 0.1) is 17.3 Å². The zero-order valence-corrected chi connectivity index (χ0v) is 17.9. The number of carbonyl (C=O) groups is 1. The van der Waals surface area contributed by atoms with Crippen molar-refractivity contribution >= 4 is 34.1 Å². The summed E-state index contributed by atoms with van der Waals surface area (Å²) in [6, 6.07) is 10.1. The van der Waals surface area contributed by atoms with E-state index < -0.39 is 5.91 Å². The van der Waals surface area contributed by atoms with Gasteiger partial charge in [0, 0.05) is 31.2 Å². The first-order chi connectivity index (χ1) is 14.5. The molecule has 30 heavy (non-hydrogen) atoms. The van der Waals surface area contributed by atoms with Crippen LogP contribution in [0, 0.1) is 5.92 Å². The van der Waals surface area contributed by atoms with Crippen molar-refractivity contribution in [3.63, 3.8) is 0 Å². The largest absolute Gasteiger partial charge is 0.365 e. The normalized spacial score (nSPS) is 19.0. The first-order valence-electron chi connectivity index (χ1n) is 10.7. The van der Waals surface area contributed by atoms with Gasteiger partial charge in [-0.1, -0.05) is 26.2 Å². The Morgan fingerprint density at radius 2 is 2.07 bits per heavy atom. The lowest BCUT2D eigenvalue weighted by Gasteiger charge is -2.38. The van der Waals surface area contributed by atoms with Crippen LogP contribution in [0.1, 0.15) is 49.4 Å². The molecule has 7 nitrogen and oxygen atoms in total. The van der Waals surface area contributed by atoms with Crippen LogP contribution in [0.4, 0.5) is 17.3 Å². The molecular weight excluding hydrogens is 376 g/mol. The van der Waals surface area contributed by atoms with Crippen LogP contribution in [0.15, 0.2) is 36.5 Å². The molecule has 0 bridgehead atoms. The van der Waals surface area contributed by atoms with Crippen molar-refractivity contribution in [2.75, 3.05) is 17.3 Å². The monoisotopic (exact) mass is 406 g/mol. The summed E-state index contributed by atoms with van der Waals surface area (Å²) in [5, 5.41) is 8.61. The third kappa shape index (κ3) is 3.84. The lowest BCUT2D eigenvalue weighted by atomic mass is 9.82. The minimum absolute atomic E-state index is 0.383. The van der Waals surface area contributed by atoms with Gasteiger partial charge in [-0.15, -0.1) is 0 Å². The lowest BCUT2D eigenvalue weighted by Crippen LogP contribution is -2.40. The van der Waals surface area contributed by atoms with Gasteiger partial charge in [-0.2, -0.15) is 5.10 Å². The number of nitrogens with zero attached hydrogens (tertiary/aromatic N) is 4. The maximum Gasteiger partial charge on any atom is 0.252 e. The smallest absolute Gasteiger partial charge is 0.252 e. The molecule has 158 valence electrons. The van der Waals surface area contributed by atoms with Gasteiger partial charge >= 0.3 is 0 Å². The molecule has 0 spiro atoms. The number of hydrogen-bond acceptors (Lipinski definition) is 5. The first-order valence-corrected chi connectivity index (χ1v) is 10.7. The van der Waals surface area contributed by atoms with Crippen LogP contribution in [-0.2, 0) is 7.05 Å². The predicted octanol–water partition coefficient (Wildman–Crippen LogP) is 4.22. The molecule has 0 radical (unpaired) electrons. The maximum absolute atomic E-state index is 12.0. The third-order valence-corrected chi connectivity index (χ3v) is 6.41. The molecule has 1 saturated carbocycles. The number of aryl methyl sites for hydroxylation is 1. The molecule has 7 heteroatoms. The SMILES string of the molecule is CCC1CCCCC1N(C)c1ccc(C(N)=O)c(Nc2ccc3c(cnn3C)c2)n1. The van der Waals surface area contributed by atoms with E-state index in [2.05, 4.69) is 29.3 Å². The quantitative estimate of drug-likeness (QED) is 0.640. The molecule has 2 aromatic heterocycles. The van der Waals surface area contributed by atoms with Crippen molar-refractivity contribution in [3.05, 3.63) is 42.1 Å². The summed E-state index contributed by atoms with van der Waals surface area (Å²) in [7, 11) is 4.02. The summed E-state index contributed by atoms with van der Waals surface area (Å²) < 4.78 is 1.83. The summed E-state index contributed by atoms with van der Waals surface area (Å²) in [6.07, 6.45) is 7.99. The Morgan fingerprint density at radius 1 is 1.27 bits per heavy atom. The van der Waals surface area contributed by atoms with Crippen molar-refractivity contribution in [1.82, 2.24) is 14.8 Å². The summed E-state index contributed by atoms with van der Waals surface area (Å²) in [4.78, 5) is 19.1. The third-order valence-electron chi connectivity index (χ3n) is 6.41. The Morgan fingerprint density at radius 3 is 2.83 bits per heavy atom. The number of hydrogen-bond donors (Lipinski definition) is 2. The minimum atomic E-state index is -0.495. The number of fused-ring (bicyclic) bond motifs is 1. The van der Waals surface area contributed by atoms with E-state index in [4.69, 9.17) is 10.7 Å². The van der Waals surface area contributed by atoms with Crippen molar-refractivity contribution in [3.8, 4) is 0 Å². The summed E-state index contributed by atoms with van der Waals surface area (Å²) in [5.41, 5.74) is 7.90. The molecule has 1 aliphatic carbocycles. The van der Waals surface area contributed by atoms with Gasteiger partial charge in [0.2, 0.25) is 0 Å². The fraction of sp³-hybridized carbons (Fsp3) is 0.435. The molecule has 1 fully saturated rings. The van der Waals surface area contributed by atoms with Crippen LogP contribution < -0.4 is 16.0 Å². The number of pyridine rings is 1. The number of nitrogens with one attached hydrogen (secondary N) is 1. The summed E-state index contributed by atoms with van der Waals surface area (Å²) >= 11 is 0. The van der Waals surface area contributed by atoms with Gasteiger partial charge < -0.3 is 16.0 Å². The molecule has 1 aromatic carbocycles. The van der Waals surface area contributed by atoms with Gasteiger partial charge in [-0.05, 0) is 49.1 Å². The van der Waals surface area contributed by atoms with E-state index >= 15 is 0 Å². The zero-order chi connectivity index (χ0) is 21.3. The molecule has 1 amide bonds. The molecule has 2 heterocycles. The van der Waals surface area contributed by atoms with E-state index in [0.717, 1.165) is 22.4 Å². The number of primary amides is 1. The number of amides is 1. The van der Waals surface area contributed by atoms with Crippen molar-refractivity contribution in [1.29, 1.82) is 0 Å². The van der Waals surface area contributed by atoms with E-state index in [1.165, 1.54) is 32.1 Å². The van der Waals surface area contributed by atoms with E-state index in [1.807, 2.05) is 42.2 Å². The number of aromatic nitrogens is 3. The fourth-order valence-corrected chi connectivity index (χ4v) is 4.66. The van der Waals surface area contributed by atoms with Gasteiger partial charge in [0.25, 0.3) is 5.91 Å². The molecule has 3 aromatic rings. The topological polar surface area (TPSA) is 89.1 Å². The minimum Gasteiger partial charge on any atom is -0.365 e. The van der Waals surface area contributed by atoms with E-state index in [-0.39, 0.29) is 0 Å². The second kappa shape index (κ2) is 8.34. The standard InChI is InChI=1S/C23H30N6O/c1-4-15-7-5-6-8-19(15)28(2)21-12-10-18(22(24)30)23(27-21)26-17-9-11-20-16(13-17)14-25-29(20)3/h9-15,19H,4-8H2,1-3H3,(H2,24,30)(H,26,27). The number of nitrogens with two attached hydrogens (primary N) is 1. The van der Waals surface area contributed by atoms with Crippen LogP contribution in [0.2, 0.25) is 0 Å². The van der Waals surface area contributed by atoms with Crippen LogP contribution >= 0.6 is 0 Å². The van der Waals surface area contributed by atoms with Crippen molar-refractivity contribution in [2.45, 2.75) is 45.1 Å². The number of anilines is 3. The summed E-state index contributed by atoms with van der Waals surface area (Å²) in [6.45, 7) is 2.27. The van der Waals surface area contributed by atoms with E-state index in [1.54, 1.807) is 6.07 Å². The van der Waals surface area contributed by atoms with Gasteiger partial charge in [0.1, 0.15) is 11.6 Å². The highest BCUT2D eigenvalue weighted by Gasteiger charge is 2.28. The summed E-state index contributed by atoms with van der Waals surface area (Å²) in [5.74, 6) is 1.52. The second-order valence-corrected chi connectivity index (χ2v) is 8.23. The van der Waals surface area contributed by atoms with E-state index in [0.29, 0.717) is 23.3 Å². The molecule has 3 N–H and O–H groups in total. The first kappa shape index (κ1) is 20.2. The zero-order valence-electron chi connectivity index (χ0n) is 17.9. The second-order valence-electron chi connectivity index (χ2n) is 8.23. The number of carbonyl (C=O) groups excluding carboxylic acids is 1. The lowest BCUT2D eigenvalue weighted by molar-refractivity contribution is 0.100. The Bertz CT molecular complexity index is 1060. The Balaban J connectivity index is 1.66. The Hall–Kier alpha value is -3.09. The maximum atomic E-state index is 12.0. The average Bonchev–Trinajstić information content (AvgIpc) is 3.13. The van der Waals surface area contributed by atoms with E-state index in [9.17, 15) is 4.79 Å². The molecule has 1 aliphatic rings. The molecule has 4 rings (SSSR count). The molecule has 0 saturated heterocycles. The molecule has 2 unspecified atom stereocenters. The van der Waals surface area contributed by atoms with Gasteiger partial charge in [-0.25, -0.2) is 4.98 Å². The van der Waals surface area contributed by atoms with Gasteiger partial charge in [0.15, 0.2) is 0 Å². The Kier molecular flexibility index (Phi) is 5.61. The molecule has 0 aliphatic heterocycles. The van der Waals surface area contributed by atoms with Crippen LogP contribution in [0.3, 0.4) is 0 Å². The highest BCUT2D eigenvalue weighted by molar-refractivity contribution is 5.98. The Labute approximate surface area is 177 Å². The fourth-order valence-electron chi connectivity index (χ4n) is 4.66. The van der Waals surface area contributed by atoms with Crippen LogP contribution in [0.5, 0.6) is 0 Å². The predicted molar refractivity (Wildman–Crippen MR) is 121 cm³/mol. The van der Waals surface area contributed by atoms with Crippen LogP contribution in [0.25, 0.3) is 10.9 Å². The highest BCUT2D eigenvalue weighted by atomic mass is 16.1. The number of rotatable bonds is 6.